The van der Waals surface area contributed by atoms with Gasteiger partial charge in [0.05, 0.1) is 18.9 Å². The number of aromatic nitrogens is 3. The third-order valence-corrected chi connectivity index (χ3v) is 3.05. The molecule has 0 atom stereocenters. The summed E-state index contributed by atoms with van der Waals surface area (Å²) in [6, 6.07) is 3.24. The Bertz CT molecular complexity index is 633. The zero-order valence-electron chi connectivity index (χ0n) is 10.1. The van der Waals surface area contributed by atoms with E-state index in [1.54, 1.807) is 6.07 Å². The summed E-state index contributed by atoms with van der Waals surface area (Å²) in [4.78, 5) is 17.3. The molecule has 1 aliphatic heterocycles. The van der Waals surface area contributed by atoms with Crippen LogP contribution >= 0.6 is 0 Å². The number of morpholine rings is 1. The molecule has 2 aromatic heterocycles. The molecule has 2 aromatic rings. The molecule has 8 heteroatoms. The van der Waals surface area contributed by atoms with Crippen LogP contribution in [0.4, 0.5) is 11.6 Å². The number of carbonyl (C=O) groups is 1. The van der Waals surface area contributed by atoms with Gasteiger partial charge in [0.1, 0.15) is 0 Å². The molecule has 0 unspecified atom stereocenters. The number of anilines is 2. The number of pyridine rings is 1. The van der Waals surface area contributed by atoms with E-state index in [9.17, 15) is 4.79 Å². The topological polar surface area (TPSA) is 106 Å². The van der Waals surface area contributed by atoms with Crippen LogP contribution in [0, 0.1) is 0 Å². The van der Waals surface area contributed by atoms with Crippen molar-refractivity contribution in [3.8, 4) is 0 Å². The highest BCUT2D eigenvalue weighted by Gasteiger charge is 2.20. The molecule has 3 heterocycles. The highest BCUT2D eigenvalue weighted by Crippen LogP contribution is 2.23. The van der Waals surface area contributed by atoms with E-state index in [4.69, 9.17) is 15.6 Å². The Kier molecular flexibility index (Phi) is 2.71. The van der Waals surface area contributed by atoms with Crippen molar-refractivity contribution in [1.29, 1.82) is 0 Å². The zero-order valence-corrected chi connectivity index (χ0v) is 10.1. The van der Waals surface area contributed by atoms with Crippen molar-refractivity contribution in [2.75, 3.05) is 36.9 Å². The van der Waals surface area contributed by atoms with Crippen LogP contribution in [0.2, 0.25) is 0 Å². The number of ether oxygens (including phenoxy) is 1. The quantitative estimate of drug-likeness (QED) is 0.775. The highest BCUT2D eigenvalue weighted by molar-refractivity contribution is 5.88. The average molecular weight is 263 g/mol. The van der Waals surface area contributed by atoms with E-state index < -0.39 is 5.97 Å². The monoisotopic (exact) mass is 263 g/mol. The van der Waals surface area contributed by atoms with Gasteiger partial charge in [-0.15, -0.1) is 5.10 Å². The number of carboxylic acid groups (broad SMARTS) is 1. The first kappa shape index (κ1) is 11.7. The molecular weight excluding hydrogens is 250 g/mol. The van der Waals surface area contributed by atoms with Crippen LogP contribution in [-0.4, -0.2) is 52.0 Å². The molecule has 8 nitrogen and oxygen atoms in total. The number of carboxylic acids is 1. The second kappa shape index (κ2) is 4.39. The molecule has 0 amide bonds. The summed E-state index contributed by atoms with van der Waals surface area (Å²) in [5, 5.41) is 13.1. The molecule has 3 rings (SSSR count). The molecule has 100 valence electrons. The number of nitrogens with two attached hydrogens (primary N) is 1. The fourth-order valence-electron chi connectivity index (χ4n) is 2.18. The fraction of sp³-hybridized carbons (Fsp3) is 0.364. The molecule has 19 heavy (non-hydrogen) atoms. The number of hydrogen-bond acceptors (Lipinski definition) is 6. The summed E-state index contributed by atoms with van der Waals surface area (Å²) in [5.74, 6) is -1.01. The van der Waals surface area contributed by atoms with E-state index in [1.807, 2.05) is 0 Å². The Morgan fingerprint density at radius 3 is 2.79 bits per heavy atom. The lowest BCUT2D eigenvalue weighted by Crippen LogP contribution is -2.36. The number of hydrogen-bond donors (Lipinski definition) is 2. The summed E-state index contributed by atoms with van der Waals surface area (Å²) in [6.45, 7) is 2.73. The molecule has 0 aromatic carbocycles. The third kappa shape index (κ3) is 1.95. The zero-order chi connectivity index (χ0) is 13.4. The summed E-state index contributed by atoms with van der Waals surface area (Å²) in [6.07, 6.45) is 0. The van der Waals surface area contributed by atoms with Gasteiger partial charge in [-0.1, -0.05) is 0 Å². The summed E-state index contributed by atoms with van der Waals surface area (Å²) in [7, 11) is 0. The van der Waals surface area contributed by atoms with Crippen LogP contribution < -0.4 is 10.6 Å². The molecule has 0 bridgehead atoms. The second-order valence-electron chi connectivity index (χ2n) is 4.21. The Morgan fingerprint density at radius 1 is 1.37 bits per heavy atom. The van der Waals surface area contributed by atoms with Crippen LogP contribution in [0.25, 0.3) is 5.65 Å². The molecule has 0 radical (unpaired) electrons. The molecule has 0 spiro atoms. The normalized spacial score (nSPS) is 15.9. The first-order chi connectivity index (χ1) is 9.16. The van der Waals surface area contributed by atoms with Crippen molar-refractivity contribution < 1.29 is 14.6 Å². The third-order valence-electron chi connectivity index (χ3n) is 3.05. The van der Waals surface area contributed by atoms with Gasteiger partial charge in [-0.3, -0.25) is 0 Å². The molecule has 1 saturated heterocycles. The van der Waals surface area contributed by atoms with Crippen LogP contribution in [-0.2, 0) is 4.74 Å². The predicted molar refractivity (Wildman–Crippen MR) is 67.4 cm³/mol. The standard InChI is InChI=1S/C11H13N5O3/c12-11-13-9-7(15-3-5-19-6-4-15)1-2-8(10(17)18)16(9)14-11/h1-2H,3-6H2,(H2,12,14)(H,17,18). The maximum absolute atomic E-state index is 11.1. The Labute approximate surface area is 108 Å². The van der Waals surface area contributed by atoms with Gasteiger partial charge in [0.15, 0.2) is 11.3 Å². The van der Waals surface area contributed by atoms with Crippen molar-refractivity contribution in [1.82, 2.24) is 14.6 Å². The van der Waals surface area contributed by atoms with Crippen molar-refractivity contribution in [2.24, 2.45) is 0 Å². The van der Waals surface area contributed by atoms with Gasteiger partial charge in [-0.2, -0.15) is 4.98 Å². The minimum Gasteiger partial charge on any atom is -0.477 e. The maximum Gasteiger partial charge on any atom is 0.354 e. The molecule has 3 N–H and O–H groups in total. The maximum atomic E-state index is 11.1. The van der Waals surface area contributed by atoms with E-state index in [0.29, 0.717) is 18.9 Å². The lowest BCUT2D eigenvalue weighted by molar-refractivity contribution is 0.0687. The molecule has 0 saturated carbocycles. The van der Waals surface area contributed by atoms with Gasteiger partial charge >= 0.3 is 5.97 Å². The highest BCUT2D eigenvalue weighted by atomic mass is 16.5. The Hall–Kier alpha value is -2.35. The summed E-state index contributed by atoms with van der Waals surface area (Å²) in [5.41, 5.74) is 6.89. The van der Waals surface area contributed by atoms with Crippen LogP contribution in [0.3, 0.4) is 0 Å². The van der Waals surface area contributed by atoms with Crippen molar-refractivity contribution in [3.05, 3.63) is 17.8 Å². The Balaban J connectivity index is 2.15. The molecule has 1 aliphatic rings. The largest absolute Gasteiger partial charge is 0.477 e. The van der Waals surface area contributed by atoms with E-state index in [-0.39, 0.29) is 11.6 Å². The summed E-state index contributed by atoms with van der Waals surface area (Å²) < 4.78 is 6.56. The molecule has 1 fully saturated rings. The minimum absolute atomic E-state index is 0.0382. The van der Waals surface area contributed by atoms with Crippen molar-refractivity contribution in [3.63, 3.8) is 0 Å². The smallest absolute Gasteiger partial charge is 0.354 e. The van der Waals surface area contributed by atoms with Crippen LogP contribution in [0.5, 0.6) is 0 Å². The number of rotatable bonds is 2. The average Bonchev–Trinajstić information content (AvgIpc) is 2.79. The van der Waals surface area contributed by atoms with Crippen LogP contribution in [0.1, 0.15) is 10.5 Å². The number of fused-ring (bicyclic) bond motifs is 1. The fourth-order valence-corrected chi connectivity index (χ4v) is 2.18. The number of nitrogen functional groups attached to an aromatic ring is 1. The minimum atomic E-state index is -1.07. The molecule has 0 aliphatic carbocycles. The van der Waals surface area contributed by atoms with Gasteiger partial charge in [0.25, 0.3) is 0 Å². The van der Waals surface area contributed by atoms with Crippen LogP contribution in [0.15, 0.2) is 12.1 Å². The van der Waals surface area contributed by atoms with E-state index in [1.165, 1.54) is 10.6 Å². The van der Waals surface area contributed by atoms with E-state index in [0.717, 1.165) is 18.8 Å². The van der Waals surface area contributed by atoms with Gasteiger partial charge in [-0.05, 0) is 12.1 Å². The SMILES string of the molecule is Nc1nc2c(N3CCOCC3)ccc(C(=O)O)n2n1. The van der Waals surface area contributed by atoms with Gasteiger partial charge < -0.3 is 20.5 Å². The lowest BCUT2D eigenvalue weighted by Gasteiger charge is -2.28. The van der Waals surface area contributed by atoms with Crippen molar-refractivity contribution >= 4 is 23.3 Å². The van der Waals surface area contributed by atoms with Crippen molar-refractivity contribution in [2.45, 2.75) is 0 Å². The number of nitrogens with zero attached hydrogens (tertiary/aromatic N) is 4. The number of aromatic carboxylic acids is 1. The van der Waals surface area contributed by atoms with E-state index in [2.05, 4.69) is 15.0 Å². The van der Waals surface area contributed by atoms with Gasteiger partial charge in [0, 0.05) is 13.1 Å². The predicted octanol–water partition coefficient (Wildman–Crippen LogP) is -0.154. The lowest BCUT2D eigenvalue weighted by atomic mass is 10.2. The summed E-state index contributed by atoms with van der Waals surface area (Å²) >= 11 is 0. The van der Waals surface area contributed by atoms with Gasteiger partial charge in [-0.25, -0.2) is 9.31 Å². The molecular formula is C11H13N5O3. The van der Waals surface area contributed by atoms with Gasteiger partial charge in [0.2, 0.25) is 5.95 Å². The van der Waals surface area contributed by atoms with E-state index >= 15 is 0 Å². The first-order valence-electron chi connectivity index (χ1n) is 5.88. The second-order valence-corrected chi connectivity index (χ2v) is 4.21. The Morgan fingerprint density at radius 2 is 2.11 bits per heavy atom. The first-order valence-corrected chi connectivity index (χ1v) is 5.88.